The fraction of sp³-hybridized carbons (Fsp3) is 0.667. The summed E-state index contributed by atoms with van der Waals surface area (Å²) in [5.74, 6) is 0.839. The molecule has 2 atom stereocenters. The molecule has 274 valence electrons. The Balaban J connectivity index is 1.35. The standard InChI is InChI=1S/C36H57N5O7S/c1-35(2,3)47-33(43)39(21-14-10-15-22-40(34(44)48-36(4,5)6)25-28-17-11-9-12-18-28)20-13-7-8-16-24-45-26-31-46-30(27-49-31)41-23-19-29(37)38-32(41)42/h9,11-12,17-19,23,30-31H,7-8,10,13-16,20-22,24-27H2,1-6H3,(H2,37,38,42)/t30-,31+/m0/s1. The monoisotopic (exact) mass is 703 g/mol. The van der Waals surface area contributed by atoms with Crippen LogP contribution in [-0.2, 0) is 25.5 Å². The highest BCUT2D eigenvalue weighted by Crippen LogP contribution is 2.31. The molecule has 0 aliphatic carbocycles. The molecule has 1 aromatic carbocycles. The lowest BCUT2D eigenvalue weighted by atomic mass is 10.1. The minimum absolute atomic E-state index is 0.138. The maximum absolute atomic E-state index is 13.0. The van der Waals surface area contributed by atoms with Crippen LogP contribution in [0.1, 0.15) is 98.3 Å². The van der Waals surface area contributed by atoms with Crippen molar-refractivity contribution in [2.45, 2.75) is 116 Å². The van der Waals surface area contributed by atoms with Crippen LogP contribution in [0.3, 0.4) is 0 Å². The third kappa shape index (κ3) is 15.9. The average molecular weight is 704 g/mol. The zero-order valence-electron chi connectivity index (χ0n) is 30.2. The minimum Gasteiger partial charge on any atom is -0.444 e. The summed E-state index contributed by atoms with van der Waals surface area (Å²) in [7, 11) is 0. The van der Waals surface area contributed by atoms with Crippen LogP contribution in [0.4, 0.5) is 15.4 Å². The van der Waals surface area contributed by atoms with Gasteiger partial charge in [0.1, 0.15) is 28.7 Å². The van der Waals surface area contributed by atoms with Crippen LogP contribution in [0.15, 0.2) is 47.4 Å². The van der Waals surface area contributed by atoms with E-state index in [0.29, 0.717) is 45.1 Å². The van der Waals surface area contributed by atoms with E-state index in [4.69, 9.17) is 24.7 Å². The number of carbonyl (C=O) groups excluding carboxylic acids is 2. The first kappa shape index (κ1) is 40.1. The zero-order chi connectivity index (χ0) is 35.9. The summed E-state index contributed by atoms with van der Waals surface area (Å²) in [5, 5.41) is 0. The SMILES string of the molecule is CC(C)(C)OC(=O)N(CCCCCCOC[C@@H]1O[C@H](n2ccc(N)nc2=O)CS1)CCCCCN(Cc1ccccc1)C(=O)OC(C)(C)C. The maximum atomic E-state index is 13.0. The molecule has 0 radical (unpaired) electrons. The van der Waals surface area contributed by atoms with E-state index in [1.165, 1.54) is 4.57 Å². The van der Waals surface area contributed by atoms with Gasteiger partial charge in [0.25, 0.3) is 0 Å². The van der Waals surface area contributed by atoms with Crippen molar-refractivity contribution >= 4 is 29.8 Å². The predicted molar refractivity (Wildman–Crippen MR) is 193 cm³/mol. The molecule has 0 unspecified atom stereocenters. The quantitative estimate of drug-likeness (QED) is 0.164. The largest absolute Gasteiger partial charge is 0.444 e. The van der Waals surface area contributed by atoms with E-state index in [1.54, 1.807) is 28.9 Å². The highest BCUT2D eigenvalue weighted by atomic mass is 32.2. The number of nitrogen functional groups attached to an aromatic ring is 1. The van der Waals surface area contributed by atoms with Gasteiger partial charge in [0, 0.05) is 44.7 Å². The highest BCUT2D eigenvalue weighted by Gasteiger charge is 2.28. The average Bonchev–Trinajstić information content (AvgIpc) is 3.47. The fourth-order valence-corrected chi connectivity index (χ4v) is 6.15. The molecular formula is C36H57N5O7S. The van der Waals surface area contributed by atoms with Gasteiger partial charge in [-0.3, -0.25) is 4.57 Å². The number of hydrogen-bond donors (Lipinski definition) is 1. The van der Waals surface area contributed by atoms with E-state index in [2.05, 4.69) is 4.98 Å². The minimum atomic E-state index is -0.568. The van der Waals surface area contributed by atoms with E-state index in [1.807, 2.05) is 76.8 Å². The third-order valence-corrected chi connectivity index (χ3v) is 8.59. The Labute approximate surface area is 296 Å². The molecule has 2 N–H and O–H groups in total. The lowest BCUT2D eigenvalue weighted by molar-refractivity contribution is -0.0252. The summed E-state index contributed by atoms with van der Waals surface area (Å²) < 4.78 is 24.6. The van der Waals surface area contributed by atoms with Crippen molar-refractivity contribution in [3.63, 3.8) is 0 Å². The summed E-state index contributed by atoms with van der Waals surface area (Å²) in [4.78, 5) is 45.3. The second kappa shape index (κ2) is 19.8. The van der Waals surface area contributed by atoms with Gasteiger partial charge in [-0.2, -0.15) is 4.98 Å². The first-order chi connectivity index (χ1) is 23.2. The summed E-state index contributed by atoms with van der Waals surface area (Å²) >= 11 is 1.62. The van der Waals surface area contributed by atoms with Gasteiger partial charge in [-0.1, -0.05) is 43.2 Å². The number of aromatic nitrogens is 2. The Morgan fingerprint density at radius 2 is 1.45 bits per heavy atom. The van der Waals surface area contributed by atoms with Crippen LogP contribution in [0.2, 0.25) is 0 Å². The third-order valence-electron chi connectivity index (χ3n) is 7.49. The number of anilines is 1. The van der Waals surface area contributed by atoms with Gasteiger partial charge in [0.2, 0.25) is 0 Å². The Bertz CT molecular complexity index is 1350. The van der Waals surface area contributed by atoms with Gasteiger partial charge >= 0.3 is 17.9 Å². The molecular weight excluding hydrogens is 646 g/mol. The van der Waals surface area contributed by atoms with Crippen LogP contribution in [0.5, 0.6) is 0 Å². The first-order valence-electron chi connectivity index (χ1n) is 17.4. The van der Waals surface area contributed by atoms with E-state index in [-0.39, 0.29) is 29.7 Å². The van der Waals surface area contributed by atoms with Crippen molar-refractivity contribution in [1.82, 2.24) is 19.4 Å². The molecule has 0 saturated carbocycles. The van der Waals surface area contributed by atoms with Gasteiger partial charge in [0.05, 0.1) is 6.61 Å². The lowest BCUT2D eigenvalue weighted by Gasteiger charge is -2.28. The summed E-state index contributed by atoms with van der Waals surface area (Å²) in [6.45, 7) is 14.6. The van der Waals surface area contributed by atoms with E-state index in [9.17, 15) is 14.4 Å². The normalized spacial score (nSPS) is 16.4. The van der Waals surface area contributed by atoms with Crippen molar-refractivity contribution < 1.29 is 28.5 Å². The fourth-order valence-electron chi connectivity index (χ4n) is 5.13. The van der Waals surface area contributed by atoms with Crippen molar-refractivity contribution in [2.24, 2.45) is 0 Å². The number of benzene rings is 1. The smallest absolute Gasteiger partial charge is 0.410 e. The number of nitrogens with two attached hydrogens (primary N) is 1. The molecule has 1 aliphatic heterocycles. The van der Waals surface area contributed by atoms with Crippen molar-refractivity contribution in [2.75, 3.05) is 44.3 Å². The summed E-state index contributed by atoms with van der Waals surface area (Å²) in [5.41, 5.74) is 4.94. The topological polar surface area (TPSA) is 138 Å². The Hall–Kier alpha value is -3.29. The molecule has 1 saturated heterocycles. The van der Waals surface area contributed by atoms with Gasteiger partial charge in [-0.25, -0.2) is 14.4 Å². The first-order valence-corrected chi connectivity index (χ1v) is 18.4. The molecule has 13 heteroatoms. The van der Waals surface area contributed by atoms with Crippen LogP contribution in [-0.4, -0.2) is 86.8 Å². The lowest BCUT2D eigenvalue weighted by Crippen LogP contribution is -2.38. The summed E-state index contributed by atoms with van der Waals surface area (Å²) in [6, 6.07) is 11.5. The molecule has 1 aromatic heterocycles. The van der Waals surface area contributed by atoms with Gasteiger partial charge in [-0.05, 0) is 85.3 Å². The van der Waals surface area contributed by atoms with Gasteiger partial charge in [0.15, 0.2) is 0 Å². The highest BCUT2D eigenvalue weighted by molar-refractivity contribution is 8.00. The molecule has 1 aliphatic rings. The van der Waals surface area contributed by atoms with Gasteiger partial charge in [-0.15, -0.1) is 11.8 Å². The molecule has 0 spiro atoms. The zero-order valence-corrected chi connectivity index (χ0v) is 31.0. The Morgan fingerprint density at radius 1 is 0.878 bits per heavy atom. The molecule has 49 heavy (non-hydrogen) atoms. The molecule has 3 rings (SSSR count). The number of carbonyl (C=O) groups is 2. The van der Waals surface area contributed by atoms with Crippen LogP contribution < -0.4 is 11.4 Å². The molecule has 1 fully saturated rings. The molecule has 12 nitrogen and oxygen atoms in total. The molecule has 2 amide bonds. The van der Waals surface area contributed by atoms with Crippen LogP contribution in [0.25, 0.3) is 0 Å². The number of rotatable bonds is 18. The number of ether oxygens (including phenoxy) is 4. The Morgan fingerprint density at radius 3 is 2.06 bits per heavy atom. The molecule has 2 aromatic rings. The second-order valence-corrected chi connectivity index (χ2v) is 15.5. The van der Waals surface area contributed by atoms with E-state index in [0.717, 1.165) is 50.5 Å². The molecule has 0 bridgehead atoms. The van der Waals surface area contributed by atoms with Gasteiger partial charge < -0.3 is 34.5 Å². The number of amides is 2. The maximum Gasteiger partial charge on any atom is 0.410 e. The number of thioether (sulfide) groups is 1. The number of nitrogens with zero attached hydrogens (tertiary/aromatic N) is 4. The van der Waals surface area contributed by atoms with E-state index >= 15 is 0 Å². The van der Waals surface area contributed by atoms with Crippen molar-refractivity contribution in [1.29, 1.82) is 0 Å². The van der Waals surface area contributed by atoms with Crippen molar-refractivity contribution in [3.8, 4) is 0 Å². The number of unbranched alkanes of at least 4 members (excludes halogenated alkanes) is 5. The molecule has 2 heterocycles. The predicted octanol–water partition coefficient (Wildman–Crippen LogP) is 6.84. The Kier molecular flexibility index (Phi) is 16.2. The number of hydrogen-bond acceptors (Lipinski definition) is 10. The second-order valence-electron chi connectivity index (χ2n) is 14.3. The van der Waals surface area contributed by atoms with E-state index < -0.39 is 16.9 Å². The van der Waals surface area contributed by atoms with Crippen LogP contribution in [0, 0.1) is 0 Å². The van der Waals surface area contributed by atoms with Crippen molar-refractivity contribution in [3.05, 3.63) is 58.6 Å². The van der Waals surface area contributed by atoms with Crippen LogP contribution >= 0.6 is 11.8 Å². The summed E-state index contributed by atoms with van der Waals surface area (Å²) in [6.07, 6.45) is 6.83.